The van der Waals surface area contributed by atoms with Crippen LogP contribution >= 0.6 is 11.6 Å². The predicted octanol–water partition coefficient (Wildman–Crippen LogP) is 4.43. The minimum atomic E-state index is -2.75. The van der Waals surface area contributed by atoms with Crippen molar-refractivity contribution in [2.24, 2.45) is 0 Å². The maximum atomic E-state index is 11.5. The Kier molecular flexibility index (Phi) is 7.62. The molecule has 0 aliphatic heterocycles. The molecular weight excluding hydrogens is 422 g/mol. The number of nitrogens with zero attached hydrogens (tertiary/aromatic N) is 3. The van der Waals surface area contributed by atoms with E-state index in [0.29, 0.717) is 17.5 Å². The molecule has 1 aromatic heterocycles. The maximum absolute atomic E-state index is 11.5. The first-order chi connectivity index (χ1) is 14.5. The van der Waals surface area contributed by atoms with Crippen LogP contribution in [0.15, 0.2) is 59.6 Å². The molecule has 0 saturated heterocycles. The molecule has 0 aliphatic carbocycles. The van der Waals surface area contributed by atoms with E-state index in [-0.39, 0.29) is 9.92 Å². The van der Waals surface area contributed by atoms with Gasteiger partial charge in [0.15, 0.2) is 16.5 Å². The average Bonchev–Trinajstić information content (AvgIpc) is 2.75. The van der Waals surface area contributed by atoms with Gasteiger partial charge in [-0.2, -0.15) is 4.98 Å². The van der Waals surface area contributed by atoms with Crippen LogP contribution in [-0.2, 0) is 17.2 Å². The molecule has 0 spiro atoms. The molecule has 3 aromatic rings. The van der Waals surface area contributed by atoms with E-state index in [2.05, 4.69) is 51.5 Å². The summed E-state index contributed by atoms with van der Waals surface area (Å²) in [6.45, 7) is 7.22. The molecule has 0 aliphatic rings. The molecule has 30 heavy (non-hydrogen) atoms. The normalized spacial score (nSPS) is 11.1. The molecule has 0 unspecified atom stereocenters. The van der Waals surface area contributed by atoms with Crippen molar-refractivity contribution in [1.29, 1.82) is 0 Å². The second-order valence-corrected chi connectivity index (χ2v) is 7.98. The molecule has 2 aromatic carbocycles. The van der Waals surface area contributed by atoms with Crippen LogP contribution < -0.4 is 10.6 Å². The highest BCUT2D eigenvalue weighted by Gasteiger charge is 2.10. The molecule has 3 rings (SSSR count). The molecule has 0 fully saturated rings. The lowest BCUT2D eigenvalue weighted by molar-refractivity contribution is 0.296. The topological polar surface area (TPSA) is 87.2 Å². The smallest absolute Gasteiger partial charge is 0.229 e. The minimum absolute atomic E-state index is 0.167. The molecule has 0 amide bonds. The van der Waals surface area contributed by atoms with E-state index in [1.54, 1.807) is 18.2 Å². The molecule has 0 atom stereocenters. The van der Waals surface area contributed by atoms with E-state index in [9.17, 15) is 8.42 Å². The van der Waals surface area contributed by atoms with Crippen molar-refractivity contribution in [2.45, 2.75) is 25.3 Å². The van der Waals surface area contributed by atoms with Gasteiger partial charge in [0.1, 0.15) is 5.02 Å². The summed E-state index contributed by atoms with van der Waals surface area (Å²) in [5.41, 5.74) is 2.47. The molecular formula is C21H24ClN5O2S. The highest BCUT2D eigenvalue weighted by molar-refractivity contribution is 7.72. The lowest BCUT2D eigenvalue weighted by Gasteiger charge is -2.18. The SMILES string of the molecule is CCN(CC)Cc1ccc(Nc2ncc(Cl)c(Nc3ccccc3[SH](=O)=O)n2)cc1. The van der Waals surface area contributed by atoms with Gasteiger partial charge < -0.3 is 10.6 Å². The lowest BCUT2D eigenvalue weighted by Crippen LogP contribution is -2.21. The number of benzene rings is 2. The number of anilines is 4. The summed E-state index contributed by atoms with van der Waals surface area (Å²) in [7, 11) is -2.75. The monoisotopic (exact) mass is 445 g/mol. The maximum Gasteiger partial charge on any atom is 0.229 e. The van der Waals surface area contributed by atoms with Crippen LogP contribution in [0.4, 0.5) is 23.1 Å². The van der Waals surface area contributed by atoms with Gasteiger partial charge in [0, 0.05) is 12.2 Å². The van der Waals surface area contributed by atoms with E-state index in [4.69, 9.17) is 11.6 Å². The van der Waals surface area contributed by atoms with Crippen molar-refractivity contribution >= 4 is 45.4 Å². The number of hydrogen-bond acceptors (Lipinski definition) is 7. The van der Waals surface area contributed by atoms with Gasteiger partial charge in [-0.25, -0.2) is 13.4 Å². The van der Waals surface area contributed by atoms with E-state index in [0.717, 1.165) is 25.3 Å². The number of thiol groups is 1. The highest BCUT2D eigenvalue weighted by Crippen LogP contribution is 2.27. The average molecular weight is 446 g/mol. The van der Waals surface area contributed by atoms with E-state index in [1.807, 2.05) is 12.1 Å². The third-order valence-electron chi connectivity index (χ3n) is 4.61. The number of nitrogens with one attached hydrogen (secondary N) is 2. The van der Waals surface area contributed by atoms with Crippen LogP contribution in [0.25, 0.3) is 0 Å². The first-order valence-electron chi connectivity index (χ1n) is 9.61. The van der Waals surface area contributed by atoms with E-state index in [1.165, 1.54) is 17.8 Å². The Morgan fingerprint density at radius 3 is 2.37 bits per heavy atom. The highest BCUT2D eigenvalue weighted by atomic mass is 35.5. The van der Waals surface area contributed by atoms with Gasteiger partial charge in [-0.15, -0.1) is 0 Å². The van der Waals surface area contributed by atoms with Crippen molar-refractivity contribution in [3.8, 4) is 0 Å². The molecule has 0 bridgehead atoms. The summed E-state index contributed by atoms with van der Waals surface area (Å²) in [6, 6.07) is 14.6. The molecule has 158 valence electrons. The minimum Gasteiger partial charge on any atom is -0.338 e. The second kappa shape index (κ2) is 10.4. The van der Waals surface area contributed by atoms with Crippen LogP contribution in [-0.4, -0.2) is 36.4 Å². The van der Waals surface area contributed by atoms with Crippen molar-refractivity contribution in [1.82, 2.24) is 14.9 Å². The van der Waals surface area contributed by atoms with Crippen molar-refractivity contribution in [3.05, 3.63) is 65.3 Å². The zero-order valence-corrected chi connectivity index (χ0v) is 18.5. The summed E-state index contributed by atoms with van der Waals surface area (Å²) in [4.78, 5) is 11.1. The number of halogens is 1. The summed E-state index contributed by atoms with van der Waals surface area (Å²) >= 11 is 6.21. The number of para-hydroxylation sites is 1. The van der Waals surface area contributed by atoms with Crippen LogP contribution in [0.3, 0.4) is 0 Å². The van der Waals surface area contributed by atoms with Gasteiger partial charge in [0.2, 0.25) is 5.95 Å². The fourth-order valence-corrected chi connectivity index (χ4v) is 3.58. The molecule has 1 heterocycles. The van der Waals surface area contributed by atoms with Gasteiger partial charge in [-0.05, 0) is 42.9 Å². The first kappa shape index (κ1) is 22.0. The Hall–Kier alpha value is -2.68. The standard InChI is InChI=1S/C21H24ClN5O2S/c1-3-27(4-2)14-15-9-11-16(12-10-15)24-21-23-13-17(22)20(26-21)25-18-7-5-6-8-19(18)30(28)29/h5-13,30H,3-4,14H2,1-2H3,(H2,23,24,25,26). The van der Waals surface area contributed by atoms with Crippen LogP contribution in [0, 0.1) is 0 Å². The van der Waals surface area contributed by atoms with Crippen molar-refractivity contribution in [3.63, 3.8) is 0 Å². The Balaban J connectivity index is 1.76. The molecule has 2 N–H and O–H groups in total. The van der Waals surface area contributed by atoms with Gasteiger partial charge in [-0.1, -0.05) is 49.7 Å². The third kappa shape index (κ3) is 5.69. The number of rotatable bonds is 9. The van der Waals surface area contributed by atoms with Crippen LogP contribution in [0.5, 0.6) is 0 Å². The Morgan fingerprint density at radius 2 is 1.70 bits per heavy atom. The molecule has 0 radical (unpaired) electrons. The van der Waals surface area contributed by atoms with Crippen molar-refractivity contribution in [2.75, 3.05) is 23.7 Å². The van der Waals surface area contributed by atoms with Crippen LogP contribution in [0.2, 0.25) is 5.02 Å². The van der Waals surface area contributed by atoms with Crippen LogP contribution in [0.1, 0.15) is 19.4 Å². The number of aromatic nitrogens is 2. The van der Waals surface area contributed by atoms with E-state index < -0.39 is 10.7 Å². The second-order valence-electron chi connectivity index (χ2n) is 6.57. The zero-order chi connectivity index (χ0) is 21.5. The first-order valence-corrected chi connectivity index (χ1v) is 11.2. The third-order valence-corrected chi connectivity index (χ3v) is 5.67. The molecule has 7 nitrogen and oxygen atoms in total. The summed E-state index contributed by atoms with van der Waals surface area (Å²) < 4.78 is 22.9. The predicted molar refractivity (Wildman–Crippen MR) is 122 cm³/mol. The summed E-state index contributed by atoms with van der Waals surface area (Å²) in [6.07, 6.45) is 1.47. The fourth-order valence-electron chi connectivity index (χ4n) is 2.91. The van der Waals surface area contributed by atoms with Gasteiger partial charge >= 0.3 is 0 Å². The summed E-state index contributed by atoms with van der Waals surface area (Å²) in [5.74, 6) is 0.666. The summed E-state index contributed by atoms with van der Waals surface area (Å²) in [5, 5.41) is 6.41. The van der Waals surface area contributed by atoms with Gasteiger partial charge in [-0.3, -0.25) is 4.90 Å². The van der Waals surface area contributed by atoms with Gasteiger partial charge in [0.25, 0.3) is 0 Å². The Morgan fingerprint density at radius 1 is 1.00 bits per heavy atom. The fraction of sp³-hybridized carbons (Fsp3) is 0.238. The van der Waals surface area contributed by atoms with E-state index >= 15 is 0 Å². The Bertz CT molecular complexity index is 1060. The van der Waals surface area contributed by atoms with Gasteiger partial charge in [0.05, 0.1) is 16.8 Å². The quantitative estimate of drug-likeness (QED) is 0.420. The largest absolute Gasteiger partial charge is 0.338 e. The molecule has 9 heteroatoms. The number of hydrogen-bond donors (Lipinski definition) is 3. The zero-order valence-electron chi connectivity index (χ0n) is 16.8. The lowest BCUT2D eigenvalue weighted by atomic mass is 10.2. The van der Waals surface area contributed by atoms with Crippen molar-refractivity contribution < 1.29 is 8.42 Å². The molecule has 0 saturated carbocycles. The Labute approximate surface area is 183 Å².